The molecule has 0 aromatic heterocycles. The van der Waals surface area contributed by atoms with E-state index in [1.54, 1.807) is 0 Å². The van der Waals surface area contributed by atoms with Crippen LogP contribution < -0.4 is 5.32 Å². The van der Waals surface area contributed by atoms with Gasteiger partial charge >= 0.3 is 0 Å². The first-order valence-corrected chi connectivity index (χ1v) is 4.89. The van der Waals surface area contributed by atoms with Crippen LogP contribution in [-0.2, 0) is 0 Å². The van der Waals surface area contributed by atoms with Crippen LogP contribution in [0.5, 0.6) is 0 Å². The molecule has 1 saturated carbocycles. The molecule has 0 atom stereocenters. The van der Waals surface area contributed by atoms with E-state index in [-0.39, 0.29) is 0 Å². The van der Waals surface area contributed by atoms with Gasteiger partial charge in [-0.25, -0.2) is 0 Å². The van der Waals surface area contributed by atoms with E-state index >= 15 is 0 Å². The Bertz CT molecular complexity index is 213. The van der Waals surface area contributed by atoms with E-state index in [2.05, 4.69) is 33.9 Å². The van der Waals surface area contributed by atoms with Crippen molar-refractivity contribution in [3.63, 3.8) is 0 Å². The van der Waals surface area contributed by atoms with Gasteiger partial charge in [0.15, 0.2) is 0 Å². The Morgan fingerprint density at radius 3 is 2.75 bits per heavy atom. The molecule has 1 rings (SSSR count). The summed E-state index contributed by atoms with van der Waals surface area (Å²) in [5, 5.41) is 11.8. The van der Waals surface area contributed by atoms with E-state index in [9.17, 15) is 0 Å². The van der Waals surface area contributed by atoms with Crippen LogP contribution in [-0.4, -0.2) is 13.1 Å². The molecule has 3 heteroatoms. The number of nitrogens with one attached hydrogen (secondary N) is 1. The summed E-state index contributed by atoms with van der Waals surface area (Å²) in [6.45, 7) is 5.48. The number of halogens is 1. The van der Waals surface area contributed by atoms with E-state index in [0.717, 1.165) is 17.6 Å². The predicted molar refractivity (Wildman–Crippen MR) is 52.8 cm³/mol. The third-order valence-electron chi connectivity index (χ3n) is 2.23. The minimum absolute atomic E-state index is 0.303. The van der Waals surface area contributed by atoms with Crippen LogP contribution in [0.3, 0.4) is 0 Å². The van der Waals surface area contributed by atoms with Crippen LogP contribution in [0.4, 0.5) is 0 Å². The Morgan fingerprint density at radius 2 is 2.33 bits per heavy atom. The van der Waals surface area contributed by atoms with Gasteiger partial charge < -0.3 is 5.32 Å². The smallest absolute Gasteiger partial charge is 0.0628 e. The van der Waals surface area contributed by atoms with Gasteiger partial charge in [0.25, 0.3) is 0 Å². The quantitative estimate of drug-likeness (QED) is 0.784. The van der Waals surface area contributed by atoms with E-state index in [1.807, 2.05) is 0 Å². The van der Waals surface area contributed by atoms with Crippen molar-refractivity contribution in [1.82, 2.24) is 5.32 Å². The van der Waals surface area contributed by atoms with Gasteiger partial charge in [-0.2, -0.15) is 5.26 Å². The zero-order chi connectivity index (χ0) is 9.03. The summed E-state index contributed by atoms with van der Waals surface area (Å²) in [5.41, 5.74) is 0.303. The van der Waals surface area contributed by atoms with Crippen LogP contribution in [0.1, 0.15) is 19.3 Å². The second-order valence-electron chi connectivity index (χ2n) is 3.46. The minimum atomic E-state index is 0.303. The van der Waals surface area contributed by atoms with Crippen molar-refractivity contribution in [3.8, 4) is 6.07 Å². The molecule has 0 aromatic carbocycles. The maximum atomic E-state index is 8.55. The highest BCUT2D eigenvalue weighted by molar-refractivity contribution is 9.11. The highest BCUT2D eigenvalue weighted by Gasteiger charge is 2.41. The Balaban J connectivity index is 2.15. The average Bonchev–Trinajstić information content (AvgIpc) is 2.69. The molecule has 0 aromatic rings. The van der Waals surface area contributed by atoms with Crippen molar-refractivity contribution in [2.24, 2.45) is 5.41 Å². The molecular weight excluding hydrogens is 216 g/mol. The molecule has 1 aliphatic rings. The van der Waals surface area contributed by atoms with Gasteiger partial charge in [-0.3, -0.25) is 0 Å². The van der Waals surface area contributed by atoms with E-state index in [4.69, 9.17) is 5.26 Å². The summed E-state index contributed by atoms with van der Waals surface area (Å²) < 4.78 is 0.968. The van der Waals surface area contributed by atoms with Crippen LogP contribution >= 0.6 is 15.9 Å². The zero-order valence-electron chi connectivity index (χ0n) is 7.07. The predicted octanol–water partition coefficient (Wildman–Crippen LogP) is 2.18. The van der Waals surface area contributed by atoms with E-state index in [0.29, 0.717) is 11.8 Å². The number of hydrogen-bond donors (Lipinski definition) is 1. The van der Waals surface area contributed by atoms with Crippen molar-refractivity contribution >= 4 is 15.9 Å². The van der Waals surface area contributed by atoms with Gasteiger partial charge in [0.1, 0.15) is 0 Å². The van der Waals surface area contributed by atoms with Crippen LogP contribution in [0.2, 0.25) is 0 Å². The van der Waals surface area contributed by atoms with Gasteiger partial charge in [-0.15, -0.1) is 0 Å². The third kappa shape index (κ3) is 2.96. The normalized spacial score (nSPS) is 18.3. The first-order chi connectivity index (χ1) is 5.68. The van der Waals surface area contributed by atoms with Crippen molar-refractivity contribution < 1.29 is 0 Å². The number of nitriles is 1. The Kier molecular flexibility index (Phi) is 3.30. The zero-order valence-corrected chi connectivity index (χ0v) is 8.65. The summed E-state index contributed by atoms with van der Waals surface area (Å²) in [6, 6.07) is 2.23. The van der Waals surface area contributed by atoms with E-state index in [1.165, 1.54) is 12.8 Å². The van der Waals surface area contributed by atoms with Gasteiger partial charge in [0, 0.05) is 24.0 Å². The van der Waals surface area contributed by atoms with Crippen molar-refractivity contribution in [2.75, 3.05) is 13.1 Å². The Morgan fingerprint density at radius 1 is 1.67 bits per heavy atom. The van der Waals surface area contributed by atoms with E-state index < -0.39 is 0 Å². The summed E-state index contributed by atoms with van der Waals surface area (Å²) in [7, 11) is 0. The molecule has 0 amide bonds. The second kappa shape index (κ2) is 4.06. The molecule has 0 spiro atoms. The molecule has 12 heavy (non-hydrogen) atoms. The molecule has 0 unspecified atom stereocenters. The molecule has 1 fully saturated rings. The van der Waals surface area contributed by atoms with Crippen LogP contribution in [0.25, 0.3) is 0 Å². The monoisotopic (exact) mass is 228 g/mol. The first-order valence-electron chi connectivity index (χ1n) is 4.09. The largest absolute Gasteiger partial charge is 0.312 e. The fraction of sp³-hybridized carbons (Fsp3) is 0.667. The molecule has 0 bridgehead atoms. The van der Waals surface area contributed by atoms with Gasteiger partial charge in [-0.05, 0) is 18.3 Å². The van der Waals surface area contributed by atoms with Crippen molar-refractivity contribution in [1.29, 1.82) is 5.26 Å². The van der Waals surface area contributed by atoms with Crippen LogP contribution in [0.15, 0.2) is 11.1 Å². The molecule has 1 aliphatic carbocycles. The standard InChI is InChI=1S/C9H13BrN2/c1-8(10)6-12-7-9(2-3-9)4-5-11/h12H,1-4,6-7H2. The molecular formula is C9H13BrN2. The number of hydrogen-bond acceptors (Lipinski definition) is 2. The fourth-order valence-corrected chi connectivity index (χ4v) is 1.42. The number of rotatable bonds is 5. The third-order valence-corrected chi connectivity index (χ3v) is 2.51. The summed E-state index contributed by atoms with van der Waals surface area (Å²) in [5.74, 6) is 0. The molecule has 0 aliphatic heterocycles. The maximum Gasteiger partial charge on any atom is 0.0628 e. The average molecular weight is 229 g/mol. The molecule has 0 heterocycles. The minimum Gasteiger partial charge on any atom is -0.312 e. The lowest BCUT2D eigenvalue weighted by Gasteiger charge is -2.11. The lowest BCUT2D eigenvalue weighted by Crippen LogP contribution is -2.24. The highest BCUT2D eigenvalue weighted by Crippen LogP contribution is 2.47. The Labute approximate surface area is 81.8 Å². The topological polar surface area (TPSA) is 35.8 Å². The Hall–Kier alpha value is -0.330. The first kappa shape index (κ1) is 9.76. The number of nitrogens with zero attached hydrogens (tertiary/aromatic N) is 1. The van der Waals surface area contributed by atoms with Gasteiger partial charge in [0.05, 0.1) is 6.07 Å². The summed E-state index contributed by atoms with van der Waals surface area (Å²) >= 11 is 3.28. The molecule has 66 valence electrons. The van der Waals surface area contributed by atoms with Crippen molar-refractivity contribution in [2.45, 2.75) is 19.3 Å². The second-order valence-corrected chi connectivity index (χ2v) is 4.58. The fourth-order valence-electron chi connectivity index (χ4n) is 1.22. The van der Waals surface area contributed by atoms with Gasteiger partial charge in [0.2, 0.25) is 0 Å². The van der Waals surface area contributed by atoms with Crippen molar-refractivity contribution in [3.05, 3.63) is 11.1 Å². The summed E-state index contributed by atoms with van der Waals surface area (Å²) in [4.78, 5) is 0. The maximum absolute atomic E-state index is 8.55. The SMILES string of the molecule is C=C(Br)CNCC1(CC#N)CC1. The van der Waals surface area contributed by atoms with Gasteiger partial charge in [-0.1, -0.05) is 22.5 Å². The molecule has 1 N–H and O–H groups in total. The summed E-state index contributed by atoms with van der Waals surface area (Å²) in [6.07, 6.45) is 3.08. The van der Waals surface area contributed by atoms with Crippen LogP contribution in [0, 0.1) is 16.7 Å². The lowest BCUT2D eigenvalue weighted by atomic mass is 10.0. The highest BCUT2D eigenvalue weighted by atomic mass is 79.9. The molecule has 0 radical (unpaired) electrons. The molecule has 2 nitrogen and oxygen atoms in total. The lowest BCUT2D eigenvalue weighted by molar-refractivity contribution is 0.481. The molecule has 0 saturated heterocycles.